The molecule has 0 saturated carbocycles. The Kier molecular flexibility index (Phi) is 5.92. The third kappa shape index (κ3) is 4.83. The number of nitrogens with one attached hydrogen (secondary N) is 1. The molecule has 1 atom stereocenters. The van der Waals surface area contributed by atoms with E-state index in [0.29, 0.717) is 40.3 Å². The van der Waals surface area contributed by atoms with E-state index >= 15 is 0 Å². The predicted octanol–water partition coefficient (Wildman–Crippen LogP) is 3.50. The second kappa shape index (κ2) is 8.75. The van der Waals surface area contributed by atoms with Gasteiger partial charge >= 0.3 is 0 Å². The van der Waals surface area contributed by atoms with Crippen LogP contribution < -0.4 is 5.56 Å². The Morgan fingerprint density at radius 3 is 2.93 bits per heavy atom. The van der Waals surface area contributed by atoms with Crippen LogP contribution in [0, 0.1) is 0 Å². The van der Waals surface area contributed by atoms with E-state index in [4.69, 9.17) is 9.15 Å². The molecule has 4 rings (SSSR count). The topological polar surface area (TPSA) is 88.4 Å². The maximum absolute atomic E-state index is 12.9. The minimum absolute atomic E-state index is 0.0164. The summed E-state index contributed by atoms with van der Waals surface area (Å²) < 4.78 is 11.7. The molecule has 1 N–H and O–H groups in total. The molecule has 3 aromatic rings. The number of fused-ring (bicyclic) bond motifs is 1. The molecule has 8 heteroatoms. The molecular weight excluding hydrogens is 438 g/mol. The van der Waals surface area contributed by atoms with Gasteiger partial charge in [0.05, 0.1) is 23.6 Å². The number of rotatable bonds is 6. The number of furan rings is 1. The van der Waals surface area contributed by atoms with Gasteiger partial charge in [-0.3, -0.25) is 9.59 Å². The molecule has 0 radical (unpaired) electrons. The Balaban J connectivity index is 1.57. The first kappa shape index (κ1) is 19.6. The maximum atomic E-state index is 12.9. The van der Waals surface area contributed by atoms with Crippen molar-refractivity contribution in [3.05, 3.63) is 69.1 Å². The molecule has 1 aromatic carbocycles. The van der Waals surface area contributed by atoms with E-state index in [-0.39, 0.29) is 24.1 Å². The number of hydrogen-bond acceptors (Lipinski definition) is 5. The van der Waals surface area contributed by atoms with Crippen LogP contribution in [0.5, 0.6) is 0 Å². The average molecular weight is 458 g/mol. The van der Waals surface area contributed by atoms with Gasteiger partial charge in [-0.25, -0.2) is 4.98 Å². The lowest BCUT2D eigenvalue weighted by Gasteiger charge is -2.24. The fourth-order valence-electron chi connectivity index (χ4n) is 3.33. The maximum Gasteiger partial charge on any atom is 0.258 e. The van der Waals surface area contributed by atoms with Crippen LogP contribution in [-0.2, 0) is 16.1 Å². The number of halogens is 1. The van der Waals surface area contributed by atoms with E-state index in [1.165, 1.54) is 6.08 Å². The number of H-pyrrole nitrogens is 1. The summed E-state index contributed by atoms with van der Waals surface area (Å²) in [5.74, 6) is 0.803. The number of aromatic amines is 1. The van der Waals surface area contributed by atoms with Gasteiger partial charge in [-0.1, -0.05) is 12.1 Å². The van der Waals surface area contributed by atoms with Crippen LogP contribution >= 0.6 is 15.9 Å². The summed E-state index contributed by atoms with van der Waals surface area (Å²) in [7, 11) is 0. The standard InChI is InChI=1S/C21H20BrN3O4/c22-18-9-7-14(29-18)8-10-20(26)25(12-15-4-3-11-28-15)13-19-23-17-6-2-1-5-16(17)21(27)24-19/h1-2,5-10,15H,3-4,11-13H2,(H,23,24,27)/b10-8+. The minimum atomic E-state index is -0.217. The first-order valence-electron chi connectivity index (χ1n) is 9.40. The Morgan fingerprint density at radius 1 is 1.31 bits per heavy atom. The number of carbonyl (C=O) groups excluding carboxylic acids is 1. The first-order chi connectivity index (χ1) is 14.1. The third-order valence-corrected chi connectivity index (χ3v) is 5.17. The Labute approximate surface area is 175 Å². The van der Waals surface area contributed by atoms with Crippen molar-refractivity contribution in [1.82, 2.24) is 14.9 Å². The monoisotopic (exact) mass is 457 g/mol. The third-order valence-electron chi connectivity index (χ3n) is 4.75. The number of amides is 1. The Bertz CT molecular complexity index is 1100. The lowest BCUT2D eigenvalue weighted by atomic mass is 10.2. The molecule has 1 aliphatic heterocycles. The first-order valence-corrected chi connectivity index (χ1v) is 10.2. The number of para-hydroxylation sites is 1. The summed E-state index contributed by atoms with van der Waals surface area (Å²) in [6, 6.07) is 10.7. The molecule has 29 heavy (non-hydrogen) atoms. The van der Waals surface area contributed by atoms with E-state index in [0.717, 1.165) is 12.8 Å². The summed E-state index contributed by atoms with van der Waals surface area (Å²) >= 11 is 3.24. The number of benzene rings is 1. The molecule has 1 unspecified atom stereocenters. The number of aromatic nitrogens is 2. The van der Waals surface area contributed by atoms with Crippen molar-refractivity contribution in [2.75, 3.05) is 13.2 Å². The molecule has 1 amide bonds. The molecule has 150 valence electrons. The van der Waals surface area contributed by atoms with Crippen molar-refractivity contribution in [3.8, 4) is 0 Å². The zero-order valence-electron chi connectivity index (χ0n) is 15.6. The van der Waals surface area contributed by atoms with Crippen LogP contribution in [0.3, 0.4) is 0 Å². The molecular formula is C21H20BrN3O4. The van der Waals surface area contributed by atoms with Gasteiger partial charge in [0, 0.05) is 19.2 Å². The van der Waals surface area contributed by atoms with E-state index < -0.39 is 0 Å². The SMILES string of the molecule is O=C(/C=C/c1ccc(Br)o1)N(Cc1nc2ccccc2c(=O)[nH]1)CC1CCCO1. The fraction of sp³-hybridized carbons (Fsp3) is 0.286. The second-order valence-corrected chi connectivity index (χ2v) is 7.64. The van der Waals surface area contributed by atoms with Gasteiger partial charge in [0.2, 0.25) is 5.91 Å². The number of carbonyl (C=O) groups is 1. The van der Waals surface area contributed by atoms with Crippen molar-refractivity contribution < 1.29 is 13.9 Å². The Hall–Kier alpha value is -2.71. The lowest BCUT2D eigenvalue weighted by Crippen LogP contribution is -2.36. The van der Waals surface area contributed by atoms with Gasteiger partial charge in [-0.15, -0.1) is 0 Å². The van der Waals surface area contributed by atoms with Crippen molar-refractivity contribution >= 4 is 38.8 Å². The van der Waals surface area contributed by atoms with Crippen LogP contribution in [0.4, 0.5) is 0 Å². The van der Waals surface area contributed by atoms with Gasteiger partial charge in [-0.2, -0.15) is 0 Å². The summed E-state index contributed by atoms with van der Waals surface area (Å²) in [6.45, 7) is 1.32. The van der Waals surface area contributed by atoms with Gasteiger partial charge < -0.3 is 19.0 Å². The Morgan fingerprint density at radius 2 is 2.17 bits per heavy atom. The number of nitrogens with zero attached hydrogens (tertiary/aromatic N) is 2. The van der Waals surface area contributed by atoms with Gasteiger partial charge in [-0.05, 0) is 59.1 Å². The zero-order valence-corrected chi connectivity index (χ0v) is 17.2. The van der Waals surface area contributed by atoms with Crippen LogP contribution in [0.2, 0.25) is 0 Å². The van der Waals surface area contributed by atoms with Crippen LogP contribution in [0.25, 0.3) is 17.0 Å². The van der Waals surface area contributed by atoms with E-state index in [1.54, 1.807) is 41.3 Å². The normalized spacial score (nSPS) is 16.7. The highest BCUT2D eigenvalue weighted by atomic mass is 79.9. The van der Waals surface area contributed by atoms with Crippen molar-refractivity contribution in [3.63, 3.8) is 0 Å². The summed E-state index contributed by atoms with van der Waals surface area (Å²) in [5.41, 5.74) is 0.387. The zero-order chi connectivity index (χ0) is 20.2. The van der Waals surface area contributed by atoms with E-state index in [1.807, 2.05) is 6.07 Å². The molecule has 1 saturated heterocycles. The van der Waals surface area contributed by atoms with Crippen LogP contribution in [0.1, 0.15) is 24.4 Å². The van der Waals surface area contributed by atoms with Gasteiger partial charge in [0.15, 0.2) is 4.67 Å². The quantitative estimate of drug-likeness (QED) is 0.572. The summed E-state index contributed by atoms with van der Waals surface area (Å²) in [6.07, 6.45) is 4.94. The molecule has 2 aromatic heterocycles. The van der Waals surface area contributed by atoms with Crippen molar-refractivity contribution in [1.29, 1.82) is 0 Å². The fourth-order valence-corrected chi connectivity index (χ4v) is 3.65. The highest BCUT2D eigenvalue weighted by Gasteiger charge is 2.22. The van der Waals surface area contributed by atoms with Crippen molar-refractivity contribution in [2.24, 2.45) is 0 Å². The highest BCUT2D eigenvalue weighted by Crippen LogP contribution is 2.17. The van der Waals surface area contributed by atoms with Crippen LogP contribution in [-0.4, -0.2) is 40.0 Å². The molecule has 0 spiro atoms. The summed E-state index contributed by atoms with van der Waals surface area (Å²) in [4.78, 5) is 34.2. The summed E-state index contributed by atoms with van der Waals surface area (Å²) in [5, 5.41) is 0.525. The van der Waals surface area contributed by atoms with Gasteiger partial charge in [0.25, 0.3) is 5.56 Å². The second-order valence-electron chi connectivity index (χ2n) is 6.86. The molecule has 1 aliphatic rings. The minimum Gasteiger partial charge on any atom is -0.450 e. The molecule has 3 heterocycles. The number of ether oxygens (including phenoxy) is 1. The smallest absolute Gasteiger partial charge is 0.258 e. The highest BCUT2D eigenvalue weighted by molar-refractivity contribution is 9.10. The molecule has 0 bridgehead atoms. The number of hydrogen-bond donors (Lipinski definition) is 1. The van der Waals surface area contributed by atoms with Gasteiger partial charge in [0.1, 0.15) is 11.6 Å². The molecule has 0 aliphatic carbocycles. The van der Waals surface area contributed by atoms with Crippen LogP contribution in [0.15, 0.2) is 56.4 Å². The largest absolute Gasteiger partial charge is 0.450 e. The van der Waals surface area contributed by atoms with Crippen molar-refractivity contribution in [2.45, 2.75) is 25.5 Å². The van der Waals surface area contributed by atoms with E-state index in [9.17, 15) is 9.59 Å². The van der Waals surface area contributed by atoms with E-state index in [2.05, 4.69) is 25.9 Å². The molecule has 1 fully saturated rings. The lowest BCUT2D eigenvalue weighted by molar-refractivity contribution is -0.128. The molecule has 7 nitrogen and oxygen atoms in total. The average Bonchev–Trinajstić information content (AvgIpc) is 3.37. The predicted molar refractivity (Wildman–Crippen MR) is 112 cm³/mol.